The lowest BCUT2D eigenvalue weighted by molar-refractivity contribution is -0.168. The monoisotopic (exact) mass is 349 g/mol. The van der Waals surface area contributed by atoms with Gasteiger partial charge in [-0.3, -0.25) is 0 Å². The van der Waals surface area contributed by atoms with Crippen LogP contribution in [-0.2, 0) is 25.6 Å². The van der Waals surface area contributed by atoms with Gasteiger partial charge in [0.15, 0.2) is 0 Å². The molecule has 0 aromatic heterocycles. The molecule has 6 heteroatoms. The molecule has 1 aromatic rings. The first-order valence-electron chi connectivity index (χ1n) is 8.65. The van der Waals surface area contributed by atoms with Crippen LogP contribution in [0.1, 0.15) is 32.8 Å². The number of hydrogen-bond acceptors (Lipinski definition) is 5. The number of carbonyl (C=O) groups is 2. The van der Waals surface area contributed by atoms with Gasteiger partial charge in [-0.05, 0) is 11.5 Å². The number of hydrogen-bond donors (Lipinski definition) is 1. The molecule has 0 radical (unpaired) electrons. The van der Waals surface area contributed by atoms with Gasteiger partial charge in [-0.1, -0.05) is 57.5 Å². The summed E-state index contributed by atoms with van der Waals surface area (Å²) in [5, 5.41) is 2.64. The van der Waals surface area contributed by atoms with Gasteiger partial charge in [0.05, 0.1) is 13.2 Å². The highest BCUT2D eigenvalue weighted by atomic mass is 16.6. The van der Waals surface area contributed by atoms with Crippen molar-refractivity contribution in [1.29, 1.82) is 0 Å². The molecule has 2 rings (SSSR count). The number of alkyl carbamates (subject to hydrolysis) is 1. The molecule has 0 aliphatic carbocycles. The number of carbonyl (C=O) groups excluding carboxylic acids is 2. The van der Waals surface area contributed by atoms with Crippen molar-refractivity contribution in [3.63, 3.8) is 0 Å². The molecule has 1 aromatic carbocycles. The first-order valence-corrected chi connectivity index (χ1v) is 8.65. The molecule has 138 valence electrons. The molecule has 0 spiro atoms. The van der Waals surface area contributed by atoms with Crippen molar-refractivity contribution in [3.8, 4) is 0 Å². The van der Waals surface area contributed by atoms with Crippen molar-refractivity contribution in [2.24, 2.45) is 11.3 Å². The van der Waals surface area contributed by atoms with Crippen LogP contribution in [0, 0.1) is 11.3 Å². The lowest BCUT2D eigenvalue weighted by Crippen LogP contribution is -2.49. The second-order valence-electron chi connectivity index (χ2n) is 6.98. The van der Waals surface area contributed by atoms with Gasteiger partial charge in [-0.2, -0.15) is 0 Å². The second-order valence-corrected chi connectivity index (χ2v) is 6.98. The maximum Gasteiger partial charge on any atom is 0.408 e. The van der Waals surface area contributed by atoms with Gasteiger partial charge < -0.3 is 19.5 Å². The van der Waals surface area contributed by atoms with Gasteiger partial charge in [0.2, 0.25) is 0 Å². The van der Waals surface area contributed by atoms with E-state index in [1.165, 1.54) is 0 Å². The Kier molecular flexibility index (Phi) is 6.82. The highest BCUT2D eigenvalue weighted by Gasteiger charge is 2.36. The molecular formula is C19H27NO5. The summed E-state index contributed by atoms with van der Waals surface area (Å²) >= 11 is 0. The second kappa shape index (κ2) is 8.85. The number of ether oxygens (including phenoxy) is 3. The predicted molar refractivity (Wildman–Crippen MR) is 92.9 cm³/mol. The summed E-state index contributed by atoms with van der Waals surface area (Å²) in [6.45, 7) is 7.48. The standard InChI is InChI=1S/C19H27NO5/c1-4-14(2)16(17(21)25-13-19(3)11-23-12-19)20-18(22)24-10-15-8-6-5-7-9-15/h5-9,14,16H,4,10-13H2,1-3H3,(H,20,22)/t14-,16-/m0/s1. The largest absolute Gasteiger partial charge is 0.463 e. The van der Waals surface area contributed by atoms with E-state index in [0.717, 1.165) is 12.0 Å². The Hall–Kier alpha value is -2.08. The number of amides is 1. The van der Waals surface area contributed by atoms with Gasteiger partial charge in [0.1, 0.15) is 19.3 Å². The highest BCUT2D eigenvalue weighted by Crippen LogP contribution is 2.27. The van der Waals surface area contributed by atoms with Crippen LogP contribution < -0.4 is 5.32 Å². The molecule has 25 heavy (non-hydrogen) atoms. The third-order valence-corrected chi connectivity index (χ3v) is 4.42. The summed E-state index contributed by atoms with van der Waals surface area (Å²) in [4.78, 5) is 24.5. The zero-order valence-electron chi connectivity index (χ0n) is 15.1. The van der Waals surface area contributed by atoms with Crippen molar-refractivity contribution >= 4 is 12.1 Å². The first kappa shape index (κ1) is 19.2. The van der Waals surface area contributed by atoms with Gasteiger partial charge in [-0.25, -0.2) is 9.59 Å². The van der Waals surface area contributed by atoms with E-state index in [1.54, 1.807) is 0 Å². The van der Waals surface area contributed by atoms with E-state index in [9.17, 15) is 9.59 Å². The molecular weight excluding hydrogens is 322 g/mol. The molecule has 1 fully saturated rings. The van der Waals surface area contributed by atoms with Crippen LogP contribution in [0.2, 0.25) is 0 Å². The number of nitrogens with one attached hydrogen (secondary N) is 1. The van der Waals surface area contributed by atoms with Crippen LogP contribution >= 0.6 is 0 Å². The Morgan fingerprint density at radius 1 is 1.24 bits per heavy atom. The van der Waals surface area contributed by atoms with E-state index < -0.39 is 18.1 Å². The third-order valence-electron chi connectivity index (χ3n) is 4.42. The van der Waals surface area contributed by atoms with E-state index in [2.05, 4.69) is 5.32 Å². The number of benzene rings is 1. The lowest BCUT2D eigenvalue weighted by Gasteiger charge is -2.37. The number of esters is 1. The van der Waals surface area contributed by atoms with Gasteiger partial charge >= 0.3 is 12.1 Å². The fourth-order valence-corrected chi connectivity index (χ4v) is 2.43. The Balaban J connectivity index is 1.85. The van der Waals surface area contributed by atoms with Crippen LogP contribution in [0.5, 0.6) is 0 Å². The van der Waals surface area contributed by atoms with Crippen molar-refractivity contribution in [2.75, 3.05) is 19.8 Å². The zero-order chi connectivity index (χ0) is 18.3. The maximum atomic E-state index is 12.4. The van der Waals surface area contributed by atoms with Crippen LogP contribution in [0.25, 0.3) is 0 Å². The van der Waals surface area contributed by atoms with Crippen molar-refractivity contribution in [3.05, 3.63) is 35.9 Å². The quantitative estimate of drug-likeness (QED) is 0.731. The average Bonchev–Trinajstić information content (AvgIpc) is 2.61. The fraction of sp³-hybridized carbons (Fsp3) is 0.579. The minimum atomic E-state index is -0.724. The van der Waals surface area contributed by atoms with Crippen molar-refractivity contribution < 1.29 is 23.8 Å². The van der Waals surface area contributed by atoms with Crippen molar-refractivity contribution in [2.45, 2.75) is 39.8 Å². The third kappa shape index (κ3) is 5.74. The van der Waals surface area contributed by atoms with Crippen LogP contribution in [-0.4, -0.2) is 37.9 Å². The Bertz CT molecular complexity index is 570. The zero-order valence-corrected chi connectivity index (χ0v) is 15.1. The van der Waals surface area contributed by atoms with E-state index in [0.29, 0.717) is 19.8 Å². The molecule has 0 unspecified atom stereocenters. The smallest absolute Gasteiger partial charge is 0.408 e. The van der Waals surface area contributed by atoms with E-state index in [-0.39, 0.29) is 17.9 Å². The lowest BCUT2D eigenvalue weighted by atomic mass is 9.90. The molecule has 0 saturated carbocycles. The van der Waals surface area contributed by atoms with Crippen LogP contribution in [0.15, 0.2) is 30.3 Å². The summed E-state index contributed by atoms with van der Waals surface area (Å²) in [6.07, 6.45) is 0.114. The number of rotatable bonds is 8. The van der Waals surface area contributed by atoms with E-state index in [1.807, 2.05) is 51.1 Å². The molecule has 1 heterocycles. The molecule has 1 aliphatic heterocycles. The minimum Gasteiger partial charge on any atom is -0.463 e. The SMILES string of the molecule is CC[C@H](C)[C@H](NC(=O)OCc1ccccc1)C(=O)OCC1(C)COC1. The maximum absolute atomic E-state index is 12.4. The topological polar surface area (TPSA) is 73.9 Å². The molecule has 1 aliphatic rings. The van der Waals surface area contributed by atoms with Gasteiger partial charge in [-0.15, -0.1) is 0 Å². The van der Waals surface area contributed by atoms with E-state index >= 15 is 0 Å². The molecule has 0 bridgehead atoms. The Morgan fingerprint density at radius 2 is 1.92 bits per heavy atom. The van der Waals surface area contributed by atoms with E-state index in [4.69, 9.17) is 14.2 Å². The highest BCUT2D eigenvalue weighted by molar-refractivity contribution is 5.81. The summed E-state index contributed by atoms with van der Waals surface area (Å²) in [7, 11) is 0. The van der Waals surface area contributed by atoms with Crippen LogP contribution in [0.4, 0.5) is 4.79 Å². The normalized spacial score (nSPS) is 17.7. The molecule has 1 amide bonds. The Morgan fingerprint density at radius 3 is 2.48 bits per heavy atom. The molecule has 1 N–H and O–H groups in total. The van der Waals surface area contributed by atoms with Crippen molar-refractivity contribution in [1.82, 2.24) is 5.32 Å². The molecule has 6 nitrogen and oxygen atoms in total. The minimum absolute atomic E-state index is 0.0535. The summed E-state index contributed by atoms with van der Waals surface area (Å²) in [6, 6.07) is 8.66. The summed E-state index contributed by atoms with van der Waals surface area (Å²) in [5.41, 5.74) is 0.766. The average molecular weight is 349 g/mol. The summed E-state index contributed by atoms with van der Waals surface area (Å²) in [5.74, 6) is -0.485. The predicted octanol–water partition coefficient (Wildman–Crippen LogP) is 2.91. The van der Waals surface area contributed by atoms with Gasteiger partial charge in [0.25, 0.3) is 0 Å². The molecule has 2 atom stereocenters. The molecule has 1 saturated heterocycles. The Labute approximate surface area is 148 Å². The fourth-order valence-electron chi connectivity index (χ4n) is 2.43. The summed E-state index contributed by atoms with van der Waals surface area (Å²) < 4.78 is 15.8. The van der Waals surface area contributed by atoms with Gasteiger partial charge in [0, 0.05) is 5.41 Å². The first-order chi connectivity index (χ1) is 11.9. The van der Waals surface area contributed by atoms with Crippen LogP contribution in [0.3, 0.4) is 0 Å².